The number of rotatable bonds is 6. The molecule has 0 aliphatic heterocycles. The zero-order valence-corrected chi connectivity index (χ0v) is 14.4. The van der Waals surface area contributed by atoms with Crippen LogP contribution < -0.4 is 10.1 Å². The van der Waals surface area contributed by atoms with Crippen LogP contribution in [0.1, 0.15) is 33.2 Å². The van der Waals surface area contributed by atoms with Crippen molar-refractivity contribution in [2.24, 2.45) is 0 Å². The van der Waals surface area contributed by atoms with E-state index in [9.17, 15) is 9.59 Å². The van der Waals surface area contributed by atoms with Crippen molar-refractivity contribution in [3.63, 3.8) is 0 Å². The van der Waals surface area contributed by atoms with Crippen LogP contribution in [0.15, 0.2) is 78.9 Å². The SMILES string of the molecule is CC(=O)c1ccccc1NC(=O)c1ccccc1COc1ccccc1. The Hall–Kier alpha value is -3.40. The monoisotopic (exact) mass is 345 g/mol. The van der Waals surface area contributed by atoms with Crippen LogP contribution in [0.2, 0.25) is 0 Å². The predicted octanol–water partition coefficient (Wildman–Crippen LogP) is 4.72. The number of nitrogens with one attached hydrogen (secondary N) is 1. The van der Waals surface area contributed by atoms with Gasteiger partial charge in [0.2, 0.25) is 0 Å². The predicted molar refractivity (Wildman–Crippen MR) is 102 cm³/mol. The van der Waals surface area contributed by atoms with Gasteiger partial charge in [-0.2, -0.15) is 0 Å². The molecule has 0 saturated carbocycles. The molecule has 26 heavy (non-hydrogen) atoms. The van der Waals surface area contributed by atoms with Crippen LogP contribution in [0.3, 0.4) is 0 Å². The van der Waals surface area contributed by atoms with Gasteiger partial charge in [-0.05, 0) is 37.3 Å². The average Bonchev–Trinajstić information content (AvgIpc) is 2.67. The first kappa shape index (κ1) is 17.4. The summed E-state index contributed by atoms with van der Waals surface area (Å²) in [6.07, 6.45) is 0. The van der Waals surface area contributed by atoms with Gasteiger partial charge in [0.25, 0.3) is 5.91 Å². The third-order valence-corrected chi connectivity index (χ3v) is 3.95. The highest BCUT2D eigenvalue weighted by molar-refractivity contribution is 6.09. The molecule has 0 aliphatic carbocycles. The lowest BCUT2D eigenvalue weighted by Crippen LogP contribution is -2.16. The summed E-state index contributed by atoms with van der Waals surface area (Å²) in [6, 6.07) is 23.7. The molecule has 0 spiro atoms. The van der Waals surface area contributed by atoms with E-state index in [1.54, 1.807) is 36.4 Å². The number of carbonyl (C=O) groups is 2. The van der Waals surface area contributed by atoms with Crippen LogP contribution in [0, 0.1) is 0 Å². The smallest absolute Gasteiger partial charge is 0.256 e. The first-order valence-corrected chi connectivity index (χ1v) is 8.32. The molecule has 0 fully saturated rings. The van der Waals surface area contributed by atoms with E-state index in [2.05, 4.69) is 5.32 Å². The summed E-state index contributed by atoms with van der Waals surface area (Å²) in [5.41, 5.74) is 2.28. The molecule has 1 amide bonds. The maximum Gasteiger partial charge on any atom is 0.256 e. The summed E-state index contributed by atoms with van der Waals surface area (Å²) < 4.78 is 5.76. The lowest BCUT2D eigenvalue weighted by Gasteiger charge is -2.13. The van der Waals surface area contributed by atoms with Crippen LogP contribution in [-0.2, 0) is 6.61 Å². The highest BCUT2D eigenvalue weighted by Gasteiger charge is 2.14. The first-order chi connectivity index (χ1) is 12.6. The Bertz CT molecular complexity index is 919. The second-order valence-corrected chi connectivity index (χ2v) is 5.81. The number of ether oxygens (including phenoxy) is 1. The quantitative estimate of drug-likeness (QED) is 0.658. The summed E-state index contributed by atoms with van der Waals surface area (Å²) >= 11 is 0. The molecule has 4 nitrogen and oxygen atoms in total. The Balaban J connectivity index is 1.79. The van der Waals surface area contributed by atoms with Crippen LogP contribution >= 0.6 is 0 Å². The molecule has 0 aliphatic rings. The van der Waals surface area contributed by atoms with Gasteiger partial charge >= 0.3 is 0 Å². The van der Waals surface area contributed by atoms with E-state index in [1.807, 2.05) is 42.5 Å². The minimum absolute atomic E-state index is 0.0957. The topological polar surface area (TPSA) is 55.4 Å². The van der Waals surface area contributed by atoms with Gasteiger partial charge in [0.05, 0.1) is 5.69 Å². The minimum Gasteiger partial charge on any atom is -0.489 e. The third kappa shape index (κ3) is 4.16. The van der Waals surface area contributed by atoms with Gasteiger partial charge in [0.15, 0.2) is 5.78 Å². The normalized spacial score (nSPS) is 10.2. The van der Waals surface area contributed by atoms with Gasteiger partial charge in [-0.15, -0.1) is 0 Å². The van der Waals surface area contributed by atoms with Crippen molar-refractivity contribution in [1.29, 1.82) is 0 Å². The van der Waals surface area contributed by atoms with Crippen molar-refractivity contribution < 1.29 is 14.3 Å². The van der Waals surface area contributed by atoms with Gasteiger partial charge < -0.3 is 10.1 Å². The lowest BCUT2D eigenvalue weighted by molar-refractivity contribution is 0.101. The number of Topliss-reactive ketones (excluding diaryl/α,β-unsaturated/α-hetero) is 1. The largest absolute Gasteiger partial charge is 0.489 e. The standard InChI is InChI=1S/C22H19NO3/c1-16(24)19-12-7-8-14-21(19)23-22(25)20-13-6-5-9-17(20)15-26-18-10-3-2-4-11-18/h2-14H,15H2,1H3,(H,23,25). The van der Waals surface area contributed by atoms with Crippen molar-refractivity contribution in [3.05, 3.63) is 95.6 Å². The Kier molecular flexibility index (Phi) is 5.44. The molecule has 0 unspecified atom stereocenters. The number of anilines is 1. The van der Waals surface area contributed by atoms with E-state index in [4.69, 9.17) is 4.74 Å². The molecule has 3 aromatic carbocycles. The van der Waals surface area contributed by atoms with Crippen molar-refractivity contribution in [1.82, 2.24) is 0 Å². The summed E-state index contributed by atoms with van der Waals surface area (Å²) in [6.45, 7) is 1.76. The number of benzene rings is 3. The second kappa shape index (κ2) is 8.12. The molecule has 0 radical (unpaired) electrons. The maximum atomic E-state index is 12.7. The number of hydrogen-bond acceptors (Lipinski definition) is 3. The van der Waals surface area contributed by atoms with Crippen molar-refractivity contribution in [2.75, 3.05) is 5.32 Å². The molecule has 4 heteroatoms. The van der Waals surface area contributed by atoms with Gasteiger partial charge in [-0.25, -0.2) is 0 Å². The zero-order valence-electron chi connectivity index (χ0n) is 14.4. The Morgan fingerprint density at radius 3 is 2.15 bits per heavy atom. The average molecular weight is 345 g/mol. The number of amides is 1. The van der Waals surface area contributed by atoms with Gasteiger partial charge in [0, 0.05) is 16.7 Å². The van der Waals surface area contributed by atoms with Crippen LogP contribution in [-0.4, -0.2) is 11.7 Å². The number of hydrogen-bond donors (Lipinski definition) is 1. The fourth-order valence-corrected chi connectivity index (χ4v) is 2.63. The van der Waals surface area contributed by atoms with Crippen LogP contribution in [0.4, 0.5) is 5.69 Å². The molecule has 3 rings (SSSR count). The Labute approximate surface area is 152 Å². The molecule has 0 aromatic heterocycles. The molecule has 0 atom stereocenters. The highest BCUT2D eigenvalue weighted by Crippen LogP contribution is 2.19. The fourth-order valence-electron chi connectivity index (χ4n) is 2.63. The van der Waals surface area contributed by atoms with Gasteiger partial charge in [0.1, 0.15) is 12.4 Å². The van der Waals surface area contributed by atoms with E-state index in [-0.39, 0.29) is 18.3 Å². The molecular weight excluding hydrogens is 326 g/mol. The third-order valence-electron chi connectivity index (χ3n) is 3.95. The maximum absolute atomic E-state index is 12.7. The van der Waals surface area contributed by atoms with E-state index >= 15 is 0 Å². The number of carbonyl (C=O) groups excluding carboxylic acids is 2. The molecule has 130 valence electrons. The summed E-state index contributed by atoms with van der Waals surface area (Å²) in [7, 11) is 0. The van der Waals surface area contributed by atoms with E-state index < -0.39 is 0 Å². The second-order valence-electron chi connectivity index (χ2n) is 5.81. The summed E-state index contributed by atoms with van der Waals surface area (Å²) in [5, 5.41) is 2.83. The molecular formula is C22H19NO3. The number of ketones is 1. The molecule has 0 bridgehead atoms. The minimum atomic E-state index is -0.272. The van der Waals surface area contributed by atoms with Crippen molar-refractivity contribution >= 4 is 17.4 Å². The van der Waals surface area contributed by atoms with E-state index in [0.29, 0.717) is 16.8 Å². The van der Waals surface area contributed by atoms with Crippen molar-refractivity contribution in [3.8, 4) is 5.75 Å². The summed E-state index contributed by atoms with van der Waals surface area (Å²) in [4.78, 5) is 24.5. The van der Waals surface area contributed by atoms with Crippen LogP contribution in [0.5, 0.6) is 5.75 Å². The fraction of sp³-hybridized carbons (Fsp3) is 0.0909. The van der Waals surface area contributed by atoms with Crippen molar-refractivity contribution in [2.45, 2.75) is 13.5 Å². The van der Waals surface area contributed by atoms with E-state index in [0.717, 1.165) is 11.3 Å². The zero-order chi connectivity index (χ0) is 18.4. The Morgan fingerprint density at radius 1 is 0.808 bits per heavy atom. The van der Waals surface area contributed by atoms with E-state index in [1.165, 1.54) is 6.92 Å². The highest BCUT2D eigenvalue weighted by atomic mass is 16.5. The number of para-hydroxylation sites is 2. The first-order valence-electron chi connectivity index (χ1n) is 8.32. The van der Waals surface area contributed by atoms with Crippen LogP contribution in [0.25, 0.3) is 0 Å². The van der Waals surface area contributed by atoms with Gasteiger partial charge in [-0.3, -0.25) is 9.59 Å². The van der Waals surface area contributed by atoms with Gasteiger partial charge in [-0.1, -0.05) is 48.5 Å². The lowest BCUT2D eigenvalue weighted by atomic mass is 10.1. The molecule has 3 aromatic rings. The summed E-state index contributed by atoms with van der Waals surface area (Å²) in [5.74, 6) is 0.372. The molecule has 0 heterocycles. The molecule has 0 saturated heterocycles. The molecule has 1 N–H and O–H groups in total. The Morgan fingerprint density at radius 2 is 1.42 bits per heavy atom.